The highest BCUT2D eigenvalue weighted by atomic mass is 16.3. The van der Waals surface area contributed by atoms with Gasteiger partial charge >= 0.3 is 0 Å². The van der Waals surface area contributed by atoms with Gasteiger partial charge in [0.05, 0.1) is 18.5 Å². The summed E-state index contributed by atoms with van der Waals surface area (Å²) in [6, 6.07) is 0. The van der Waals surface area contributed by atoms with Gasteiger partial charge in [0, 0.05) is 13.2 Å². The third kappa shape index (κ3) is 2.72. The molecule has 2 N–H and O–H groups in total. The number of nitrogens with one attached hydrogen (secondary N) is 1. The summed E-state index contributed by atoms with van der Waals surface area (Å²) >= 11 is 0. The van der Waals surface area contributed by atoms with Crippen molar-refractivity contribution in [2.45, 2.75) is 38.1 Å². The average Bonchev–Trinajstić information content (AvgIpc) is 2.76. The van der Waals surface area contributed by atoms with Crippen molar-refractivity contribution in [3.05, 3.63) is 18.2 Å². The van der Waals surface area contributed by atoms with Crippen LogP contribution < -0.4 is 5.32 Å². The van der Waals surface area contributed by atoms with E-state index in [2.05, 4.69) is 17.2 Å². The van der Waals surface area contributed by atoms with E-state index < -0.39 is 5.54 Å². The minimum Gasteiger partial charge on any atom is -0.394 e. The van der Waals surface area contributed by atoms with Crippen LogP contribution in [0.1, 0.15) is 43.1 Å². The molecule has 0 saturated heterocycles. The van der Waals surface area contributed by atoms with Gasteiger partial charge < -0.3 is 15.0 Å². The number of rotatable bonds is 3. The topological polar surface area (TPSA) is 67.2 Å². The minimum atomic E-state index is -0.466. The number of carbonyl (C=O) groups is 1. The van der Waals surface area contributed by atoms with Gasteiger partial charge in [-0.05, 0) is 18.8 Å². The second kappa shape index (κ2) is 5.10. The predicted octanol–water partition coefficient (Wildman–Crippen LogP) is 1.09. The fraction of sp³-hybridized carbons (Fsp3) is 0.692. The van der Waals surface area contributed by atoms with Gasteiger partial charge in [-0.25, -0.2) is 4.98 Å². The van der Waals surface area contributed by atoms with E-state index in [4.69, 9.17) is 0 Å². The summed E-state index contributed by atoms with van der Waals surface area (Å²) in [5.74, 6) is 0.341. The third-order valence-corrected chi connectivity index (χ3v) is 3.71. The number of aromatic nitrogens is 2. The minimum absolute atomic E-state index is 0.00405. The number of hydrogen-bond acceptors (Lipinski definition) is 3. The Bertz CT molecular complexity index is 430. The number of carbonyl (C=O) groups excluding carboxylic acids is 1. The highest BCUT2D eigenvalue weighted by Gasteiger charge is 2.36. The van der Waals surface area contributed by atoms with E-state index in [1.54, 1.807) is 17.1 Å². The standard InChI is InChI=1S/C13H21N3O2/c1-10-4-3-5-13(6-10,8-17)15-12(18)11-7-16(2)9-14-11/h7,9-10,17H,3-6,8H2,1-2H3,(H,15,18). The number of nitrogens with zero attached hydrogens (tertiary/aromatic N) is 2. The van der Waals surface area contributed by atoms with E-state index >= 15 is 0 Å². The number of aryl methyl sites for hydroxylation is 1. The maximum Gasteiger partial charge on any atom is 0.271 e. The molecular formula is C13H21N3O2. The van der Waals surface area contributed by atoms with Crippen LogP contribution in [-0.4, -0.2) is 32.7 Å². The summed E-state index contributed by atoms with van der Waals surface area (Å²) in [7, 11) is 1.83. The van der Waals surface area contributed by atoms with Crippen molar-refractivity contribution in [1.82, 2.24) is 14.9 Å². The summed E-state index contributed by atoms with van der Waals surface area (Å²) in [4.78, 5) is 16.1. The van der Waals surface area contributed by atoms with Crippen LogP contribution in [0.25, 0.3) is 0 Å². The summed E-state index contributed by atoms with van der Waals surface area (Å²) in [5, 5.41) is 12.6. The molecule has 2 atom stereocenters. The van der Waals surface area contributed by atoms with Gasteiger partial charge in [0.1, 0.15) is 5.69 Å². The number of hydrogen-bond donors (Lipinski definition) is 2. The Hall–Kier alpha value is -1.36. The number of imidazole rings is 1. The van der Waals surface area contributed by atoms with Crippen molar-refractivity contribution in [3.63, 3.8) is 0 Å². The molecule has 0 bridgehead atoms. The Balaban J connectivity index is 2.08. The second-order valence-corrected chi connectivity index (χ2v) is 5.52. The lowest BCUT2D eigenvalue weighted by molar-refractivity contribution is 0.0693. The largest absolute Gasteiger partial charge is 0.394 e. The van der Waals surface area contributed by atoms with Crippen molar-refractivity contribution >= 4 is 5.91 Å². The van der Waals surface area contributed by atoms with E-state index in [0.29, 0.717) is 11.6 Å². The first-order valence-electron chi connectivity index (χ1n) is 6.46. The van der Waals surface area contributed by atoms with E-state index in [-0.39, 0.29) is 12.5 Å². The zero-order valence-electron chi connectivity index (χ0n) is 11.0. The highest BCUT2D eigenvalue weighted by Crippen LogP contribution is 2.32. The molecular weight excluding hydrogens is 230 g/mol. The monoisotopic (exact) mass is 251 g/mol. The molecule has 5 nitrogen and oxygen atoms in total. The molecule has 1 aliphatic carbocycles. The first-order valence-corrected chi connectivity index (χ1v) is 6.46. The van der Waals surface area contributed by atoms with E-state index in [0.717, 1.165) is 19.3 Å². The Kier molecular flexibility index (Phi) is 3.71. The Morgan fingerprint density at radius 2 is 2.50 bits per heavy atom. The molecule has 1 fully saturated rings. The molecule has 1 aromatic heterocycles. The fourth-order valence-electron chi connectivity index (χ4n) is 2.79. The zero-order chi connectivity index (χ0) is 13.2. The van der Waals surface area contributed by atoms with Crippen molar-refractivity contribution in [2.75, 3.05) is 6.61 Å². The van der Waals surface area contributed by atoms with Crippen LogP contribution in [-0.2, 0) is 7.05 Å². The van der Waals surface area contributed by atoms with Crippen LogP contribution in [0.4, 0.5) is 0 Å². The molecule has 5 heteroatoms. The van der Waals surface area contributed by atoms with Crippen LogP contribution in [0.5, 0.6) is 0 Å². The fourth-order valence-corrected chi connectivity index (χ4v) is 2.79. The molecule has 1 amide bonds. The molecule has 1 aromatic rings. The summed E-state index contributed by atoms with van der Waals surface area (Å²) < 4.78 is 1.74. The van der Waals surface area contributed by atoms with E-state index in [1.807, 2.05) is 7.05 Å². The second-order valence-electron chi connectivity index (χ2n) is 5.52. The molecule has 2 unspecified atom stereocenters. The van der Waals surface area contributed by atoms with E-state index in [9.17, 15) is 9.90 Å². The number of amides is 1. The Morgan fingerprint density at radius 3 is 3.06 bits per heavy atom. The lowest BCUT2D eigenvalue weighted by atomic mass is 9.77. The molecule has 0 spiro atoms. The van der Waals surface area contributed by atoms with Crippen molar-refractivity contribution < 1.29 is 9.90 Å². The Morgan fingerprint density at radius 1 is 1.72 bits per heavy atom. The predicted molar refractivity (Wildman–Crippen MR) is 68.1 cm³/mol. The summed E-state index contributed by atoms with van der Waals surface area (Å²) in [6.45, 7) is 2.16. The highest BCUT2D eigenvalue weighted by molar-refractivity contribution is 5.92. The van der Waals surface area contributed by atoms with Crippen LogP contribution in [0.3, 0.4) is 0 Å². The van der Waals surface area contributed by atoms with Crippen molar-refractivity contribution in [2.24, 2.45) is 13.0 Å². The van der Waals surface area contributed by atoms with Crippen molar-refractivity contribution in [1.29, 1.82) is 0 Å². The molecule has 0 aliphatic heterocycles. The quantitative estimate of drug-likeness (QED) is 0.845. The van der Waals surface area contributed by atoms with Gasteiger partial charge in [0.2, 0.25) is 0 Å². The van der Waals surface area contributed by atoms with Crippen LogP contribution in [0.15, 0.2) is 12.5 Å². The normalized spacial score (nSPS) is 28.1. The van der Waals surface area contributed by atoms with Crippen LogP contribution >= 0.6 is 0 Å². The molecule has 0 radical (unpaired) electrons. The van der Waals surface area contributed by atoms with Gasteiger partial charge in [0.25, 0.3) is 5.91 Å². The molecule has 1 saturated carbocycles. The maximum atomic E-state index is 12.1. The zero-order valence-corrected chi connectivity index (χ0v) is 11.0. The van der Waals surface area contributed by atoms with Gasteiger partial charge in [-0.2, -0.15) is 0 Å². The first-order chi connectivity index (χ1) is 8.54. The smallest absolute Gasteiger partial charge is 0.271 e. The SMILES string of the molecule is CC1CCCC(CO)(NC(=O)c2cn(C)cn2)C1. The van der Waals surface area contributed by atoms with Gasteiger partial charge in [-0.15, -0.1) is 0 Å². The maximum absolute atomic E-state index is 12.1. The lowest BCUT2D eigenvalue weighted by Gasteiger charge is -2.39. The van der Waals surface area contributed by atoms with Gasteiger partial charge in [-0.3, -0.25) is 4.79 Å². The van der Waals surface area contributed by atoms with E-state index in [1.165, 1.54) is 6.42 Å². The number of aliphatic hydroxyl groups is 1. The molecule has 100 valence electrons. The first kappa shape index (κ1) is 13.1. The molecule has 0 aromatic carbocycles. The van der Waals surface area contributed by atoms with Gasteiger partial charge in [0.15, 0.2) is 0 Å². The summed E-state index contributed by atoms with van der Waals surface area (Å²) in [6.07, 6.45) is 7.18. The summed E-state index contributed by atoms with van der Waals surface area (Å²) in [5.41, 5.74) is -0.0599. The average molecular weight is 251 g/mol. The van der Waals surface area contributed by atoms with Crippen LogP contribution in [0, 0.1) is 5.92 Å². The molecule has 18 heavy (non-hydrogen) atoms. The lowest BCUT2D eigenvalue weighted by Crippen LogP contribution is -2.53. The van der Waals surface area contributed by atoms with Crippen molar-refractivity contribution in [3.8, 4) is 0 Å². The van der Waals surface area contributed by atoms with Crippen LogP contribution in [0.2, 0.25) is 0 Å². The number of aliphatic hydroxyl groups excluding tert-OH is 1. The molecule has 1 heterocycles. The molecule has 2 rings (SSSR count). The Labute approximate surface area is 107 Å². The van der Waals surface area contributed by atoms with Gasteiger partial charge in [-0.1, -0.05) is 19.8 Å². The third-order valence-electron chi connectivity index (χ3n) is 3.71. The molecule has 1 aliphatic rings.